The third-order valence-electron chi connectivity index (χ3n) is 3.72. The molecule has 0 unspecified atom stereocenters. The third-order valence-corrected chi connectivity index (χ3v) is 3.72. The van der Waals surface area contributed by atoms with E-state index >= 15 is 0 Å². The first kappa shape index (κ1) is 17.3. The molecular weight excluding hydrogens is 333 g/mol. The van der Waals surface area contributed by atoms with E-state index in [4.69, 9.17) is 0 Å². The maximum Gasteiger partial charge on any atom is 0.257 e. The van der Waals surface area contributed by atoms with Crippen LogP contribution >= 0.6 is 0 Å². The highest BCUT2D eigenvalue weighted by molar-refractivity contribution is 6.04. The summed E-state index contributed by atoms with van der Waals surface area (Å²) >= 11 is 0. The number of rotatable bonds is 5. The smallest absolute Gasteiger partial charge is 0.257 e. The van der Waals surface area contributed by atoms with Crippen LogP contribution in [0.2, 0.25) is 0 Å². The Morgan fingerprint density at radius 1 is 0.923 bits per heavy atom. The van der Waals surface area contributed by atoms with Crippen LogP contribution in [0.3, 0.4) is 0 Å². The van der Waals surface area contributed by atoms with Crippen molar-refractivity contribution >= 4 is 17.5 Å². The van der Waals surface area contributed by atoms with Crippen LogP contribution in [0.5, 0.6) is 0 Å². The van der Waals surface area contributed by atoms with E-state index in [0.717, 1.165) is 5.56 Å². The average molecular weight is 349 g/mol. The van der Waals surface area contributed by atoms with Crippen molar-refractivity contribution in [2.45, 2.75) is 6.54 Å². The SMILES string of the molecule is O=C(NCc1ccccc1NC(=O)c1cccnc1)c1cccc(F)c1. The first-order chi connectivity index (χ1) is 12.6. The summed E-state index contributed by atoms with van der Waals surface area (Å²) in [5, 5.41) is 5.54. The summed E-state index contributed by atoms with van der Waals surface area (Å²) in [7, 11) is 0. The van der Waals surface area contributed by atoms with Crippen LogP contribution in [0.15, 0.2) is 73.1 Å². The van der Waals surface area contributed by atoms with Crippen molar-refractivity contribution in [2.24, 2.45) is 0 Å². The lowest BCUT2D eigenvalue weighted by Crippen LogP contribution is -2.24. The van der Waals surface area contributed by atoms with Gasteiger partial charge < -0.3 is 10.6 Å². The van der Waals surface area contributed by atoms with Gasteiger partial charge in [-0.3, -0.25) is 14.6 Å². The van der Waals surface area contributed by atoms with Gasteiger partial charge in [0.05, 0.1) is 5.56 Å². The van der Waals surface area contributed by atoms with Gasteiger partial charge in [-0.1, -0.05) is 24.3 Å². The predicted molar refractivity (Wildman–Crippen MR) is 96.2 cm³/mol. The van der Waals surface area contributed by atoms with Crippen LogP contribution in [0, 0.1) is 5.82 Å². The molecule has 3 rings (SSSR count). The second-order valence-corrected chi connectivity index (χ2v) is 5.55. The number of nitrogens with one attached hydrogen (secondary N) is 2. The Hall–Kier alpha value is -3.54. The molecular formula is C20H16FN3O2. The molecule has 2 amide bonds. The largest absolute Gasteiger partial charge is 0.348 e. The Morgan fingerprint density at radius 3 is 2.50 bits per heavy atom. The molecule has 5 nitrogen and oxygen atoms in total. The Bertz CT molecular complexity index is 929. The van der Waals surface area contributed by atoms with E-state index in [1.165, 1.54) is 30.5 Å². The quantitative estimate of drug-likeness (QED) is 0.742. The minimum atomic E-state index is -0.471. The van der Waals surface area contributed by atoms with Gasteiger partial charge in [-0.25, -0.2) is 4.39 Å². The Labute approximate surface area is 149 Å². The number of hydrogen-bond acceptors (Lipinski definition) is 3. The highest BCUT2D eigenvalue weighted by atomic mass is 19.1. The number of carbonyl (C=O) groups excluding carboxylic acids is 2. The second kappa shape index (κ2) is 8.02. The Kier molecular flexibility index (Phi) is 5.34. The molecule has 0 radical (unpaired) electrons. The first-order valence-electron chi connectivity index (χ1n) is 7.96. The molecule has 1 heterocycles. The topological polar surface area (TPSA) is 71.1 Å². The summed E-state index contributed by atoms with van der Waals surface area (Å²) in [5.41, 5.74) is 1.99. The van der Waals surface area contributed by atoms with E-state index in [1.54, 1.807) is 36.5 Å². The van der Waals surface area contributed by atoms with Gasteiger partial charge in [0.1, 0.15) is 5.82 Å². The molecule has 2 aromatic carbocycles. The van der Waals surface area contributed by atoms with E-state index in [1.807, 2.05) is 6.07 Å². The number of benzene rings is 2. The van der Waals surface area contributed by atoms with Gasteiger partial charge in [0.2, 0.25) is 0 Å². The summed E-state index contributed by atoms with van der Waals surface area (Å²) in [5.74, 6) is -1.15. The number of nitrogens with zero attached hydrogens (tertiary/aromatic N) is 1. The maximum absolute atomic E-state index is 13.2. The van der Waals surface area contributed by atoms with Gasteiger partial charge in [0, 0.05) is 30.2 Å². The lowest BCUT2D eigenvalue weighted by atomic mass is 10.1. The van der Waals surface area contributed by atoms with Crippen LogP contribution in [0.1, 0.15) is 26.3 Å². The molecule has 0 aliphatic heterocycles. The fourth-order valence-electron chi connectivity index (χ4n) is 2.40. The number of aromatic nitrogens is 1. The van der Waals surface area contributed by atoms with Gasteiger partial charge in [-0.15, -0.1) is 0 Å². The lowest BCUT2D eigenvalue weighted by molar-refractivity contribution is 0.0950. The van der Waals surface area contributed by atoms with Crippen molar-refractivity contribution in [1.82, 2.24) is 10.3 Å². The van der Waals surface area contributed by atoms with Crippen molar-refractivity contribution < 1.29 is 14.0 Å². The molecule has 0 spiro atoms. The minimum Gasteiger partial charge on any atom is -0.348 e. The molecule has 0 saturated carbocycles. The highest BCUT2D eigenvalue weighted by Crippen LogP contribution is 2.16. The van der Waals surface area contributed by atoms with Crippen LogP contribution < -0.4 is 10.6 Å². The summed E-state index contributed by atoms with van der Waals surface area (Å²) in [4.78, 5) is 28.4. The molecule has 0 fully saturated rings. The third kappa shape index (κ3) is 4.30. The molecule has 0 aliphatic carbocycles. The molecule has 6 heteroatoms. The number of pyridine rings is 1. The van der Waals surface area contributed by atoms with Crippen molar-refractivity contribution in [3.05, 3.63) is 95.6 Å². The summed E-state index contributed by atoms with van der Waals surface area (Å²) in [6.07, 6.45) is 3.07. The summed E-state index contributed by atoms with van der Waals surface area (Å²) < 4.78 is 13.2. The molecule has 2 N–H and O–H groups in total. The number of halogens is 1. The fourth-order valence-corrected chi connectivity index (χ4v) is 2.40. The second-order valence-electron chi connectivity index (χ2n) is 5.55. The van der Waals surface area contributed by atoms with Crippen LogP contribution in [0.4, 0.5) is 10.1 Å². The fraction of sp³-hybridized carbons (Fsp3) is 0.0500. The van der Waals surface area contributed by atoms with E-state index in [-0.39, 0.29) is 18.0 Å². The summed E-state index contributed by atoms with van der Waals surface area (Å²) in [6.45, 7) is 0.193. The number of anilines is 1. The molecule has 0 bridgehead atoms. The van der Waals surface area contributed by atoms with E-state index < -0.39 is 11.7 Å². The Morgan fingerprint density at radius 2 is 1.73 bits per heavy atom. The molecule has 0 saturated heterocycles. The van der Waals surface area contributed by atoms with E-state index in [0.29, 0.717) is 11.3 Å². The maximum atomic E-state index is 13.2. The number of amides is 2. The molecule has 0 atom stereocenters. The van der Waals surface area contributed by atoms with E-state index in [2.05, 4.69) is 15.6 Å². The van der Waals surface area contributed by atoms with Crippen molar-refractivity contribution in [3.63, 3.8) is 0 Å². The molecule has 130 valence electrons. The zero-order valence-electron chi connectivity index (χ0n) is 13.8. The van der Waals surface area contributed by atoms with Crippen LogP contribution in [-0.2, 0) is 6.54 Å². The van der Waals surface area contributed by atoms with Gasteiger partial charge in [0.25, 0.3) is 11.8 Å². The van der Waals surface area contributed by atoms with Crippen LogP contribution in [-0.4, -0.2) is 16.8 Å². The zero-order chi connectivity index (χ0) is 18.4. The van der Waals surface area contributed by atoms with Gasteiger partial charge in [-0.05, 0) is 42.0 Å². The number of hydrogen-bond donors (Lipinski definition) is 2. The van der Waals surface area contributed by atoms with Crippen LogP contribution in [0.25, 0.3) is 0 Å². The molecule has 26 heavy (non-hydrogen) atoms. The standard InChI is InChI=1S/C20H16FN3O2/c21-17-8-3-6-14(11-17)19(25)23-13-15-5-1-2-9-18(15)24-20(26)16-7-4-10-22-12-16/h1-12H,13H2,(H,23,25)(H,24,26). The summed E-state index contributed by atoms with van der Waals surface area (Å²) in [6, 6.07) is 16.0. The molecule has 0 aliphatic rings. The Balaban J connectivity index is 1.69. The van der Waals surface area contributed by atoms with Crippen molar-refractivity contribution in [2.75, 3.05) is 5.32 Å². The normalized spacial score (nSPS) is 10.2. The number of carbonyl (C=O) groups is 2. The van der Waals surface area contributed by atoms with Gasteiger partial charge in [-0.2, -0.15) is 0 Å². The first-order valence-corrected chi connectivity index (χ1v) is 7.96. The zero-order valence-corrected chi connectivity index (χ0v) is 13.8. The van der Waals surface area contributed by atoms with Crippen molar-refractivity contribution in [3.8, 4) is 0 Å². The minimum absolute atomic E-state index is 0.193. The van der Waals surface area contributed by atoms with Gasteiger partial charge in [0.15, 0.2) is 0 Å². The van der Waals surface area contributed by atoms with E-state index in [9.17, 15) is 14.0 Å². The predicted octanol–water partition coefficient (Wildman–Crippen LogP) is 3.40. The molecule has 1 aromatic heterocycles. The monoisotopic (exact) mass is 349 g/mol. The average Bonchev–Trinajstić information content (AvgIpc) is 2.67. The number of para-hydroxylation sites is 1. The van der Waals surface area contributed by atoms with Crippen molar-refractivity contribution in [1.29, 1.82) is 0 Å². The lowest BCUT2D eigenvalue weighted by Gasteiger charge is -2.12. The van der Waals surface area contributed by atoms with Gasteiger partial charge >= 0.3 is 0 Å². The molecule has 3 aromatic rings. The highest BCUT2D eigenvalue weighted by Gasteiger charge is 2.11.